The first-order valence-corrected chi connectivity index (χ1v) is 6.05. The average Bonchev–Trinajstić information content (AvgIpc) is 2.67. The van der Waals surface area contributed by atoms with E-state index in [1.54, 1.807) is 6.92 Å². The largest absolute Gasteiger partial charge is 0.466 e. The predicted molar refractivity (Wildman–Crippen MR) is 64.0 cm³/mol. The molecule has 0 bridgehead atoms. The highest BCUT2D eigenvalue weighted by Gasteiger charge is 2.29. The molecule has 19 heavy (non-hydrogen) atoms. The molecule has 1 aliphatic rings. The monoisotopic (exact) mass is 271 g/mol. The number of rotatable bonds is 7. The molecule has 4 amide bonds. The summed E-state index contributed by atoms with van der Waals surface area (Å²) >= 11 is 0. The quantitative estimate of drug-likeness (QED) is 0.351. The third kappa shape index (κ3) is 4.94. The van der Waals surface area contributed by atoms with E-state index in [1.807, 2.05) is 0 Å². The summed E-state index contributed by atoms with van der Waals surface area (Å²) in [5, 5.41) is 4.84. The van der Waals surface area contributed by atoms with Gasteiger partial charge in [-0.05, 0) is 13.3 Å². The molecule has 0 atom stereocenters. The van der Waals surface area contributed by atoms with Crippen molar-refractivity contribution in [2.24, 2.45) is 0 Å². The number of carbonyl (C=O) groups excluding carboxylic acids is 4. The first-order chi connectivity index (χ1) is 9.04. The molecule has 1 saturated heterocycles. The fourth-order valence-electron chi connectivity index (χ4n) is 1.51. The van der Waals surface area contributed by atoms with E-state index >= 15 is 0 Å². The molecule has 1 rings (SSSR count). The fraction of sp³-hybridized carbons (Fsp3) is 0.636. The number of ether oxygens (including phenoxy) is 1. The highest BCUT2D eigenvalue weighted by Crippen LogP contribution is 1.98. The molecule has 0 unspecified atom stereocenters. The molecule has 2 N–H and O–H groups in total. The van der Waals surface area contributed by atoms with Gasteiger partial charge in [-0.25, -0.2) is 4.79 Å². The van der Waals surface area contributed by atoms with Crippen LogP contribution >= 0.6 is 0 Å². The van der Waals surface area contributed by atoms with Gasteiger partial charge in [0.1, 0.15) is 6.54 Å². The average molecular weight is 271 g/mol. The third-order valence-electron chi connectivity index (χ3n) is 2.42. The fourth-order valence-corrected chi connectivity index (χ4v) is 1.51. The summed E-state index contributed by atoms with van der Waals surface area (Å²) in [4.78, 5) is 45.7. The normalized spacial score (nSPS) is 14.3. The summed E-state index contributed by atoms with van der Waals surface area (Å²) in [7, 11) is 0. The molecule has 0 aliphatic carbocycles. The Labute approximate surface area is 110 Å². The molecule has 1 fully saturated rings. The van der Waals surface area contributed by atoms with Crippen molar-refractivity contribution in [3.63, 3.8) is 0 Å². The molecule has 1 aliphatic heterocycles. The van der Waals surface area contributed by atoms with Gasteiger partial charge in [-0.15, -0.1) is 0 Å². The number of hydrogen-bond donors (Lipinski definition) is 2. The summed E-state index contributed by atoms with van der Waals surface area (Å²) in [5.41, 5.74) is 0. The summed E-state index contributed by atoms with van der Waals surface area (Å²) in [6, 6.07) is -0.563. The molecule has 0 radical (unpaired) electrons. The van der Waals surface area contributed by atoms with E-state index < -0.39 is 17.8 Å². The lowest BCUT2D eigenvalue weighted by atomic mass is 10.3. The van der Waals surface area contributed by atoms with Gasteiger partial charge in [-0.3, -0.25) is 19.3 Å². The summed E-state index contributed by atoms with van der Waals surface area (Å²) in [6.45, 7) is 1.97. The van der Waals surface area contributed by atoms with Crippen molar-refractivity contribution in [1.29, 1.82) is 0 Å². The second-order valence-electron chi connectivity index (χ2n) is 3.90. The number of hydrogen-bond acceptors (Lipinski definition) is 5. The number of nitrogens with one attached hydrogen (secondary N) is 2. The van der Waals surface area contributed by atoms with Crippen molar-refractivity contribution < 1.29 is 23.9 Å². The molecule has 0 aromatic carbocycles. The van der Waals surface area contributed by atoms with E-state index in [2.05, 4.69) is 10.6 Å². The molecule has 0 aromatic heterocycles. The number of imide groups is 1. The van der Waals surface area contributed by atoms with Crippen LogP contribution in [0, 0.1) is 0 Å². The van der Waals surface area contributed by atoms with Crippen molar-refractivity contribution in [2.75, 3.05) is 26.2 Å². The Kier molecular flexibility index (Phi) is 5.77. The van der Waals surface area contributed by atoms with Crippen LogP contribution in [0.5, 0.6) is 0 Å². The number of nitrogens with zero attached hydrogens (tertiary/aromatic N) is 1. The van der Waals surface area contributed by atoms with Crippen molar-refractivity contribution in [3.8, 4) is 0 Å². The van der Waals surface area contributed by atoms with E-state index in [0.717, 1.165) is 4.90 Å². The maximum absolute atomic E-state index is 11.5. The zero-order valence-electron chi connectivity index (χ0n) is 10.7. The number of carbonyl (C=O) groups is 4. The van der Waals surface area contributed by atoms with E-state index in [9.17, 15) is 19.2 Å². The topological polar surface area (TPSA) is 105 Å². The highest BCUT2D eigenvalue weighted by atomic mass is 16.5. The zero-order chi connectivity index (χ0) is 14.3. The van der Waals surface area contributed by atoms with Gasteiger partial charge in [0.25, 0.3) is 5.91 Å². The van der Waals surface area contributed by atoms with E-state index in [0.29, 0.717) is 19.6 Å². The minimum Gasteiger partial charge on any atom is -0.466 e. The number of esters is 1. The Bertz CT molecular complexity index is 367. The Morgan fingerprint density at radius 2 is 2.16 bits per heavy atom. The van der Waals surface area contributed by atoms with Crippen LogP contribution in [0.3, 0.4) is 0 Å². The van der Waals surface area contributed by atoms with Crippen LogP contribution in [-0.2, 0) is 19.1 Å². The first-order valence-electron chi connectivity index (χ1n) is 6.05. The standard InChI is InChI=1S/C11H17N3O5/c1-2-19-10(17)4-3-5-12-8(15)7-14-9(16)6-13-11(14)18/h2-7H2,1H3,(H,12,15)(H,13,18). The van der Waals surface area contributed by atoms with Gasteiger partial charge < -0.3 is 15.4 Å². The Balaban J connectivity index is 2.16. The maximum atomic E-state index is 11.5. The van der Waals surface area contributed by atoms with Gasteiger partial charge in [-0.2, -0.15) is 0 Å². The van der Waals surface area contributed by atoms with Gasteiger partial charge in [0, 0.05) is 13.0 Å². The number of urea groups is 1. The molecule has 8 heteroatoms. The first kappa shape index (κ1) is 14.9. The van der Waals surface area contributed by atoms with Crippen molar-refractivity contribution >= 4 is 23.8 Å². The molecular formula is C11H17N3O5. The zero-order valence-corrected chi connectivity index (χ0v) is 10.7. The predicted octanol–water partition coefficient (Wildman–Crippen LogP) is -1.00. The second-order valence-corrected chi connectivity index (χ2v) is 3.90. The lowest BCUT2D eigenvalue weighted by Crippen LogP contribution is -2.41. The summed E-state index contributed by atoms with van der Waals surface area (Å²) in [5.74, 6) is -1.17. The molecule has 1 heterocycles. The van der Waals surface area contributed by atoms with Crippen LogP contribution in [0.15, 0.2) is 0 Å². The minimum atomic E-state index is -0.563. The van der Waals surface area contributed by atoms with Crippen molar-refractivity contribution in [2.45, 2.75) is 19.8 Å². The van der Waals surface area contributed by atoms with Gasteiger partial charge >= 0.3 is 12.0 Å². The molecular weight excluding hydrogens is 254 g/mol. The molecule has 0 saturated carbocycles. The molecule has 0 spiro atoms. The smallest absolute Gasteiger partial charge is 0.325 e. The van der Waals surface area contributed by atoms with Crippen LogP contribution in [0.1, 0.15) is 19.8 Å². The highest BCUT2D eigenvalue weighted by molar-refractivity contribution is 6.04. The summed E-state index contributed by atoms with van der Waals surface area (Å²) < 4.78 is 4.73. The van der Waals surface area contributed by atoms with Crippen molar-refractivity contribution in [1.82, 2.24) is 15.5 Å². The Morgan fingerprint density at radius 1 is 1.42 bits per heavy atom. The van der Waals surface area contributed by atoms with Crippen LogP contribution in [0.2, 0.25) is 0 Å². The Hall–Kier alpha value is -2.12. The van der Waals surface area contributed by atoms with Gasteiger partial charge in [0.2, 0.25) is 5.91 Å². The lowest BCUT2D eigenvalue weighted by Gasteiger charge is -2.11. The molecule has 0 aromatic rings. The van der Waals surface area contributed by atoms with Gasteiger partial charge in [-0.1, -0.05) is 0 Å². The minimum absolute atomic E-state index is 0.0744. The van der Waals surface area contributed by atoms with E-state index in [4.69, 9.17) is 4.74 Å². The van der Waals surface area contributed by atoms with Crippen LogP contribution in [-0.4, -0.2) is 55.0 Å². The van der Waals surface area contributed by atoms with Crippen molar-refractivity contribution in [3.05, 3.63) is 0 Å². The van der Waals surface area contributed by atoms with E-state index in [-0.39, 0.29) is 25.5 Å². The lowest BCUT2D eigenvalue weighted by molar-refractivity contribution is -0.143. The second kappa shape index (κ2) is 7.34. The number of amides is 4. The molecule has 8 nitrogen and oxygen atoms in total. The van der Waals surface area contributed by atoms with Crippen LogP contribution in [0.25, 0.3) is 0 Å². The van der Waals surface area contributed by atoms with Gasteiger partial charge in [0.05, 0.1) is 13.2 Å². The molecule has 106 valence electrons. The Morgan fingerprint density at radius 3 is 2.74 bits per heavy atom. The van der Waals surface area contributed by atoms with Crippen LogP contribution in [0.4, 0.5) is 4.79 Å². The summed E-state index contributed by atoms with van der Waals surface area (Å²) in [6.07, 6.45) is 0.669. The maximum Gasteiger partial charge on any atom is 0.325 e. The SMILES string of the molecule is CCOC(=O)CCCNC(=O)CN1C(=O)CNC1=O. The van der Waals surface area contributed by atoms with Crippen LogP contribution < -0.4 is 10.6 Å². The van der Waals surface area contributed by atoms with E-state index in [1.165, 1.54) is 0 Å². The van der Waals surface area contributed by atoms with Gasteiger partial charge in [0.15, 0.2) is 0 Å². The third-order valence-corrected chi connectivity index (χ3v) is 2.42.